The first-order chi connectivity index (χ1) is 7.09. The third kappa shape index (κ3) is 1.99. The van der Waals surface area contributed by atoms with Gasteiger partial charge in [-0.25, -0.2) is 0 Å². The van der Waals surface area contributed by atoms with Gasteiger partial charge in [-0.1, -0.05) is 17.7 Å². The van der Waals surface area contributed by atoms with Crippen molar-refractivity contribution in [1.82, 2.24) is 0 Å². The summed E-state index contributed by atoms with van der Waals surface area (Å²) in [6, 6.07) is 4.25. The molecule has 1 heterocycles. The van der Waals surface area contributed by atoms with Crippen LogP contribution in [0.3, 0.4) is 0 Å². The summed E-state index contributed by atoms with van der Waals surface area (Å²) in [4.78, 5) is 0.991. The molecule has 1 aromatic carbocycles. The van der Waals surface area contributed by atoms with Gasteiger partial charge in [0.15, 0.2) is 0 Å². The Balaban J connectivity index is 2.64. The average molecular weight is 223 g/mol. The summed E-state index contributed by atoms with van der Waals surface area (Å²) in [6.45, 7) is 4.09. The molecule has 2 rings (SSSR count). The maximum absolute atomic E-state index is 12.0. The summed E-state index contributed by atoms with van der Waals surface area (Å²) >= 11 is 0. The minimum Gasteiger partial charge on any atom is -0.324 e. The van der Waals surface area contributed by atoms with Gasteiger partial charge in [-0.3, -0.25) is 4.21 Å². The van der Waals surface area contributed by atoms with Crippen LogP contribution in [0.1, 0.15) is 35.6 Å². The van der Waals surface area contributed by atoms with Gasteiger partial charge in [0.25, 0.3) is 0 Å². The van der Waals surface area contributed by atoms with E-state index in [0.29, 0.717) is 0 Å². The van der Waals surface area contributed by atoms with Crippen molar-refractivity contribution in [2.45, 2.75) is 37.6 Å². The van der Waals surface area contributed by atoms with Crippen molar-refractivity contribution in [3.63, 3.8) is 0 Å². The van der Waals surface area contributed by atoms with Gasteiger partial charge in [0.1, 0.15) is 0 Å². The van der Waals surface area contributed by atoms with Crippen LogP contribution in [-0.4, -0.2) is 9.96 Å². The molecule has 0 spiro atoms. The van der Waals surface area contributed by atoms with E-state index in [1.807, 2.05) is 6.92 Å². The molecule has 0 saturated carbocycles. The number of hydrogen-bond donors (Lipinski definition) is 1. The van der Waals surface area contributed by atoms with E-state index in [-0.39, 0.29) is 6.04 Å². The molecule has 82 valence electrons. The molecule has 2 N–H and O–H groups in total. The molecule has 2 nitrogen and oxygen atoms in total. The third-order valence-corrected chi connectivity index (χ3v) is 4.59. The van der Waals surface area contributed by atoms with Gasteiger partial charge in [-0.05, 0) is 37.8 Å². The largest absolute Gasteiger partial charge is 0.324 e. The van der Waals surface area contributed by atoms with Gasteiger partial charge in [-0.15, -0.1) is 0 Å². The second-order valence-corrected chi connectivity index (χ2v) is 5.81. The molecular formula is C12H17NOS. The lowest BCUT2D eigenvalue weighted by molar-refractivity contribution is 0.638. The van der Waals surface area contributed by atoms with Crippen molar-refractivity contribution < 1.29 is 4.21 Å². The van der Waals surface area contributed by atoms with Crippen LogP contribution < -0.4 is 5.73 Å². The lowest BCUT2D eigenvalue weighted by Gasteiger charge is -2.14. The van der Waals surface area contributed by atoms with E-state index in [9.17, 15) is 4.21 Å². The molecule has 1 aliphatic rings. The van der Waals surface area contributed by atoms with Crippen LogP contribution in [0.15, 0.2) is 17.0 Å². The zero-order valence-electron chi connectivity index (χ0n) is 9.25. The van der Waals surface area contributed by atoms with E-state index in [0.717, 1.165) is 34.6 Å². The average Bonchev–Trinajstić information content (AvgIpc) is 2.27. The fraction of sp³-hybridized carbons (Fsp3) is 0.500. The predicted octanol–water partition coefficient (Wildman–Crippen LogP) is 2.20. The molecule has 2 atom stereocenters. The highest BCUT2D eigenvalue weighted by atomic mass is 32.2. The van der Waals surface area contributed by atoms with Crippen LogP contribution in [-0.2, 0) is 10.8 Å². The second kappa shape index (κ2) is 4.06. The van der Waals surface area contributed by atoms with Crippen LogP contribution in [0.25, 0.3) is 0 Å². The molecule has 0 fully saturated rings. The first kappa shape index (κ1) is 10.8. The molecule has 0 aliphatic carbocycles. The molecule has 1 aromatic rings. The van der Waals surface area contributed by atoms with E-state index in [1.165, 1.54) is 5.56 Å². The Morgan fingerprint density at radius 3 is 2.87 bits per heavy atom. The smallest absolute Gasteiger partial charge is 0.0535 e. The number of fused-ring (bicyclic) bond motifs is 1. The zero-order valence-corrected chi connectivity index (χ0v) is 10.1. The lowest BCUT2D eigenvalue weighted by Crippen LogP contribution is -2.11. The van der Waals surface area contributed by atoms with Crippen molar-refractivity contribution in [2.75, 3.05) is 5.75 Å². The normalized spacial score (nSPS) is 25.8. The summed E-state index contributed by atoms with van der Waals surface area (Å²) < 4.78 is 12.0. The van der Waals surface area contributed by atoms with Gasteiger partial charge in [-0.2, -0.15) is 0 Å². The van der Waals surface area contributed by atoms with E-state index in [2.05, 4.69) is 19.1 Å². The number of nitrogens with two attached hydrogens (primary N) is 1. The molecule has 1 aliphatic heterocycles. The fourth-order valence-corrected chi connectivity index (χ4v) is 3.79. The fourth-order valence-electron chi connectivity index (χ4n) is 2.27. The summed E-state index contributed by atoms with van der Waals surface area (Å²) in [5.41, 5.74) is 9.55. The van der Waals surface area contributed by atoms with Crippen LogP contribution >= 0.6 is 0 Å². The summed E-state index contributed by atoms with van der Waals surface area (Å²) in [7, 11) is -0.853. The maximum atomic E-state index is 12.0. The minimum atomic E-state index is -0.853. The summed E-state index contributed by atoms with van der Waals surface area (Å²) in [6.07, 6.45) is 1.91. The molecule has 0 saturated heterocycles. The highest BCUT2D eigenvalue weighted by Gasteiger charge is 2.21. The minimum absolute atomic E-state index is 0.0602. The van der Waals surface area contributed by atoms with E-state index < -0.39 is 10.8 Å². The molecule has 2 unspecified atom stereocenters. The molecule has 3 heteroatoms. The Kier molecular flexibility index (Phi) is 2.94. The molecule has 0 aromatic heterocycles. The molecule has 0 bridgehead atoms. The molecule has 15 heavy (non-hydrogen) atoms. The Morgan fingerprint density at radius 1 is 1.40 bits per heavy atom. The zero-order chi connectivity index (χ0) is 11.0. The van der Waals surface area contributed by atoms with E-state index in [1.54, 1.807) is 0 Å². The van der Waals surface area contributed by atoms with E-state index >= 15 is 0 Å². The first-order valence-electron chi connectivity index (χ1n) is 5.34. The van der Waals surface area contributed by atoms with Gasteiger partial charge in [0, 0.05) is 16.7 Å². The van der Waals surface area contributed by atoms with Crippen LogP contribution in [0.2, 0.25) is 0 Å². The number of benzene rings is 1. The lowest BCUT2D eigenvalue weighted by atomic mass is 9.99. The highest BCUT2D eigenvalue weighted by molar-refractivity contribution is 7.85. The predicted molar refractivity (Wildman–Crippen MR) is 63.4 cm³/mol. The SMILES string of the molecule is Cc1cc(C)c2c(c1)C(N)CCCS2=O. The van der Waals surface area contributed by atoms with Crippen LogP contribution in [0.5, 0.6) is 0 Å². The Bertz CT molecular complexity index is 414. The van der Waals surface area contributed by atoms with Gasteiger partial charge < -0.3 is 5.73 Å². The number of rotatable bonds is 0. The quantitative estimate of drug-likeness (QED) is 0.732. The Hall–Kier alpha value is -0.670. The summed E-state index contributed by atoms with van der Waals surface area (Å²) in [5.74, 6) is 0.755. The second-order valence-electron chi connectivity index (χ2n) is 4.30. The third-order valence-electron chi connectivity index (χ3n) is 2.92. The highest BCUT2D eigenvalue weighted by Crippen LogP contribution is 2.30. The molecule has 0 amide bonds. The monoisotopic (exact) mass is 223 g/mol. The van der Waals surface area contributed by atoms with E-state index in [4.69, 9.17) is 5.73 Å². The van der Waals surface area contributed by atoms with Gasteiger partial charge in [0.2, 0.25) is 0 Å². The van der Waals surface area contributed by atoms with Gasteiger partial charge >= 0.3 is 0 Å². The van der Waals surface area contributed by atoms with Crippen molar-refractivity contribution in [3.8, 4) is 0 Å². The number of aryl methyl sites for hydroxylation is 2. The molecular weight excluding hydrogens is 206 g/mol. The standard InChI is InChI=1S/C12H17NOS/c1-8-6-9(2)12-10(7-8)11(13)4-3-5-15(12)14/h6-7,11H,3-5,13H2,1-2H3. The van der Waals surface area contributed by atoms with Crippen molar-refractivity contribution >= 4 is 10.8 Å². The summed E-state index contributed by atoms with van der Waals surface area (Å²) in [5, 5.41) is 0. The van der Waals surface area contributed by atoms with Gasteiger partial charge in [0.05, 0.1) is 10.8 Å². The topological polar surface area (TPSA) is 43.1 Å². The van der Waals surface area contributed by atoms with Crippen LogP contribution in [0.4, 0.5) is 0 Å². The van der Waals surface area contributed by atoms with Crippen molar-refractivity contribution in [2.24, 2.45) is 5.73 Å². The van der Waals surface area contributed by atoms with Crippen LogP contribution in [0, 0.1) is 13.8 Å². The van der Waals surface area contributed by atoms with Crippen molar-refractivity contribution in [3.05, 3.63) is 28.8 Å². The Labute approximate surface area is 93.3 Å². The Morgan fingerprint density at radius 2 is 2.13 bits per heavy atom. The number of hydrogen-bond acceptors (Lipinski definition) is 2. The first-order valence-corrected chi connectivity index (χ1v) is 6.66. The molecule has 0 radical (unpaired) electrons. The van der Waals surface area contributed by atoms with Crippen molar-refractivity contribution in [1.29, 1.82) is 0 Å². The maximum Gasteiger partial charge on any atom is 0.0535 e.